The molecule has 0 radical (unpaired) electrons. The molecule has 0 aliphatic carbocycles. The van der Waals surface area contributed by atoms with E-state index in [4.69, 9.17) is 9.97 Å². The maximum atomic E-state index is 5.18. The summed E-state index contributed by atoms with van der Waals surface area (Å²) in [6, 6.07) is 8.99. The van der Waals surface area contributed by atoms with Crippen LogP contribution in [-0.2, 0) is 12.8 Å². The second-order valence-corrected chi connectivity index (χ2v) is 11.8. The Morgan fingerprint density at radius 1 is 0.439 bits per heavy atom. The van der Waals surface area contributed by atoms with E-state index >= 15 is 0 Å². The molecule has 5 heteroatoms. The first-order chi connectivity index (χ1) is 19.5. The van der Waals surface area contributed by atoms with E-state index < -0.39 is 0 Å². The first kappa shape index (κ1) is 27.1. The van der Waals surface area contributed by atoms with Gasteiger partial charge in [-0.15, -0.1) is 0 Å². The Morgan fingerprint density at radius 3 is 1.22 bits per heavy atom. The van der Waals surface area contributed by atoms with Gasteiger partial charge in [0, 0.05) is 33.1 Å². The molecule has 3 N–H and O–H groups in total. The van der Waals surface area contributed by atoms with Crippen LogP contribution in [0.2, 0.25) is 0 Å². The SMILES string of the molecule is CCc1c(C)c2cc3nc(c4nc(cc5[nH]c(cc6[nH]c(cc1[nH]2)c(CC)c6C)c(C)c5C)C(C)=C4C)C(C)=C3C. The molecule has 5 nitrogen and oxygen atoms in total. The van der Waals surface area contributed by atoms with Crippen molar-refractivity contribution >= 4 is 55.4 Å². The Hall–Kier alpha value is -4.12. The maximum Gasteiger partial charge on any atom is 0.0929 e. The molecule has 0 spiro atoms. The molecule has 10 bridgehead atoms. The highest BCUT2D eigenvalue weighted by atomic mass is 14.8. The van der Waals surface area contributed by atoms with Crippen LogP contribution in [0.15, 0.2) is 24.3 Å². The van der Waals surface area contributed by atoms with Crippen molar-refractivity contribution in [1.82, 2.24) is 24.9 Å². The quantitative estimate of drug-likeness (QED) is 0.235. The summed E-state index contributed by atoms with van der Waals surface area (Å²) >= 11 is 0. The number of rotatable bonds is 2. The van der Waals surface area contributed by atoms with E-state index in [0.717, 1.165) is 63.2 Å². The van der Waals surface area contributed by atoms with Crippen LogP contribution in [0.1, 0.15) is 97.7 Å². The van der Waals surface area contributed by atoms with E-state index in [9.17, 15) is 0 Å². The van der Waals surface area contributed by atoms with Crippen LogP contribution in [0.3, 0.4) is 0 Å². The van der Waals surface area contributed by atoms with Crippen molar-refractivity contribution in [3.63, 3.8) is 0 Å². The number of aromatic amines is 3. The van der Waals surface area contributed by atoms with Gasteiger partial charge < -0.3 is 15.0 Å². The zero-order valence-corrected chi connectivity index (χ0v) is 26.1. The summed E-state index contributed by atoms with van der Waals surface area (Å²) in [6.45, 7) is 22.0. The Bertz CT molecular complexity index is 2040. The van der Waals surface area contributed by atoms with E-state index in [1.165, 1.54) is 61.2 Å². The van der Waals surface area contributed by atoms with E-state index in [2.05, 4.69) is 108 Å². The lowest BCUT2D eigenvalue weighted by Crippen LogP contribution is -1.88. The lowest BCUT2D eigenvalue weighted by Gasteiger charge is -2.00. The fourth-order valence-corrected chi connectivity index (χ4v) is 6.45. The highest BCUT2D eigenvalue weighted by Gasteiger charge is 2.23. The monoisotopic (exact) mass is 543 g/mol. The Labute approximate surface area is 242 Å². The van der Waals surface area contributed by atoms with E-state index in [1.54, 1.807) is 0 Å². The van der Waals surface area contributed by atoms with Crippen molar-refractivity contribution in [3.05, 3.63) is 80.4 Å². The van der Waals surface area contributed by atoms with Gasteiger partial charge in [0.05, 0.1) is 22.8 Å². The third-order valence-electron chi connectivity index (χ3n) is 9.68. The summed E-state index contributed by atoms with van der Waals surface area (Å²) in [5.41, 5.74) is 23.3. The number of fused-ring (bicyclic) bond motifs is 11. The first-order valence-corrected chi connectivity index (χ1v) is 14.8. The Kier molecular flexibility index (Phi) is 6.44. The molecule has 0 amide bonds. The minimum Gasteiger partial charge on any atom is -0.355 e. The minimum absolute atomic E-state index is 0.957. The molecule has 6 rings (SSSR count). The van der Waals surface area contributed by atoms with Crippen LogP contribution in [0, 0.1) is 27.7 Å². The Morgan fingerprint density at radius 2 is 0.780 bits per heavy atom. The van der Waals surface area contributed by atoms with Crippen LogP contribution in [0.25, 0.3) is 55.4 Å². The molecule has 0 saturated heterocycles. The average Bonchev–Trinajstić information content (AvgIpc) is 3.66. The molecular formula is C36H41N5. The lowest BCUT2D eigenvalue weighted by molar-refractivity contribution is 1.14. The van der Waals surface area contributed by atoms with Crippen molar-refractivity contribution in [2.75, 3.05) is 0 Å². The van der Waals surface area contributed by atoms with Crippen LogP contribution in [-0.4, -0.2) is 24.9 Å². The number of H-pyrrole nitrogens is 3. The third kappa shape index (κ3) is 4.13. The number of allylic oxidation sites excluding steroid dienone is 4. The topological polar surface area (TPSA) is 73.2 Å². The number of aromatic nitrogens is 5. The molecule has 0 saturated carbocycles. The summed E-state index contributed by atoms with van der Waals surface area (Å²) in [6.07, 6.45) is 1.92. The summed E-state index contributed by atoms with van der Waals surface area (Å²) in [5, 5.41) is 0. The lowest BCUT2D eigenvalue weighted by atomic mass is 10.0. The fourth-order valence-electron chi connectivity index (χ4n) is 6.45. The van der Waals surface area contributed by atoms with Gasteiger partial charge in [-0.1, -0.05) is 13.8 Å². The largest absolute Gasteiger partial charge is 0.355 e. The molecule has 0 fully saturated rings. The van der Waals surface area contributed by atoms with Crippen molar-refractivity contribution in [2.24, 2.45) is 0 Å². The molecule has 0 aromatic carbocycles. The van der Waals surface area contributed by atoms with Crippen molar-refractivity contribution < 1.29 is 0 Å². The standard InChI is InChI=1S/C36H41N5/c1-11-25-23(9)31-14-28-18(4)17(3)27(37-28)13-29-19(5)21(7)35(40-29)36-22(8)20(6)30(41-36)15-32-24(10)26(12-2)34(39-32)16-33(25)38-31/h13-16,37-39H,11-12H2,1-10H3. The molecular weight excluding hydrogens is 502 g/mol. The van der Waals surface area contributed by atoms with Gasteiger partial charge in [0.2, 0.25) is 0 Å². The van der Waals surface area contributed by atoms with Gasteiger partial charge in [-0.25, -0.2) is 9.97 Å². The van der Waals surface area contributed by atoms with Crippen LogP contribution < -0.4 is 0 Å². The van der Waals surface area contributed by atoms with E-state index in [1.807, 2.05) is 0 Å². The van der Waals surface area contributed by atoms with E-state index in [-0.39, 0.29) is 0 Å². The normalized spacial score (nSPS) is 13.6. The number of hydrogen-bond acceptors (Lipinski definition) is 2. The maximum absolute atomic E-state index is 5.18. The highest BCUT2D eigenvalue weighted by molar-refractivity contribution is 5.99. The number of hydrogen-bond donors (Lipinski definition) is 3. The summed E-state index contributed by atoms with van der Waals surface area (Å²) in [7, 11) is 0. The fraction of sp³-hybridized carbons (Fsp3) is 0.333. The van der Waals surface area contributed by atoms with Gasteiger partial charge in [0.1, 0.15) is 0 Å². The number of aryl methyl sites for hydroxylation is 6. The summed E-state index contributed by atoms with van der Waals surface area (Å²) in [5.74, 6) is 0. The molecule has 6 heterocycles. The van der Waals surface area contributed by atoms with Crippen LogP contribution >= 0.6 is 0 Å². The molecule has 0 unspecified atom stereocenters. The second kappa shape index (κ2) is 9.76. The number of nitrogens with zero attached hydrogens (tertiary/aromatic N) is 2. The highest BCUT2D eigenvalue weighted by Crippen LogP contribution is 2.38. The zero-order valence-electron chi connectivity index (χ0n) is 26.1. The summed E-state index contributed by atoms with van der Waals surface area (Å²) < 4.78 is 0. The van der Waals surface area contributed by atoms with Gasteiger partial charge in [-0.05, 0) is 148 Å². The van der Waals surface area contributed by atoms with Gasteiger partial charge >= 0.3 is 0 Å². The van der Waals surface area contributed by atoms with Crippen LogP contribution in [0.5, 0.6) is 0 Å². The van der Waals surface area contributed by atoms with Gasteiger partial charge in [0.15, 0.2) is 0 Å². The van der Waals surface area contributed by atoms with Crippen molar-refractivity contribution in [3.8, 4) is 0 Å². The molecule has 4 aromatic rings. The molecule has 2 aliphatic rings. The van der Waals surface area contributed by atoms with Crippen molar-refractivity contribution in [2.45, 2.75) is 82.1 Å². The van der Waals surface area contributed by atoms with Gasteiger partial charge in [-0.3, -0.25) is 0 Å². The first-order valence-electron chi connectivity index (χ1n) is 14.8. The van der Waals surface area contributed by atoms with E-state index in [0.29, 0.717) is 0 Å². The molecule has 210 valence electrons. The average molecular weight is 544 g/mol. The summed E-state index contributed by atoms with van der Waals surface area (Å²) in [4.78, 5) is 21.6. The minimum atomic E-state index is 0.957. The van der Waals surface area contributed by atoms with Gasteiger partial charge in [-0.2, -0.15) is 0 Å². The Balaban J connectivity index is 1.84. The third-order valence-corrected chi connectivity index (χ3v) is 9.68. The number of nitrogens with one attached hydrogen (secondary N) is 3. The molecule has 2 aliphatic heterocycles. The molecule has 4 aromatic heterocycles. The molecule has 41 heavy (non-hydrogen) atoms. The van der Waals surface area contributed by atoms with Crippen molar-refractivity contribution in [1.29, 1.82) is 0 Å². The molecule has 0 atom stereocenters. The van der Waals surface area contributed by atoms with Gasteiger partial charge in [0.25, 0.3) is 0 Å². The second-order valence-electron chi connectivity index (χ2n) is 11.8. The smallest absolute Gasteiger partial charge is 0.0929 e. The predicted molar refractivity (Wildman–Crippen MR) is 176 cm³/mol. The van der Waals surface area contributed by atoms with Crippen LogP contribution in [0.4, 0.5) is 0 Å². The zero-order chi connectivity index (χ0) is 29.3. The predicted octanol–water partition coefficient (Wildman–Crippen LogP) is 9.62.